The van der Waals surface area contributed by atoms with Crippen molar-refractivity contribution in [1.82, 2.24) is 4.98 Å². The molecule has 1 aliphatic heterocycles. The summed E-state index contributed by atoms with van der Waals surface area (Å²) >= 11 is 0. The van der Waals surface area contributed by atoms with Crippen LogP contribution in [0.3, 0.4) is 0 Å². The minimum Gasteiger partial charge on any atom is -0.493 e. The maximum atomic E-state index is 6.13. The van der Waals surface area contributed by atoms with Crippen LogP contribution in [0.4, 0.5) is 11.6 Å². The first-order valence-electron chi connectivity index (χ1n) is 11.7. The Balaban J connectivity index is 1.46. The number of rotatable bonds is 10. The monoisotopic (exact) mass is 476 g/mol. The second-order valence-electron chi connectivity index (χ2n) is 8.22. The maximum Gasteiger partial charge on any atom is 0.160 e. The Kier molecular flexibility index (Phi) is 8.40. The first-order chi connectivity index (χ1) is 17.1. The first kappa shape index (κ1) is 24.3. The number of anilines is 2. The number of nitrogens with one attached hydrogen (secondary N) is 1. The molecule has 0 unspecified atom stereocenters. The first-order valence-corrected chi connectivity index (χ1v) is 11.7. The number of morpholine rings is 1. The molecule has 0 atom stereocenters. The molecule has 2 aromatic carbocycles. The quantitative estimate of drug-likeness (QED) is 0.345. The lowest BCUT2D eigenvalue weighted by Crippen LogP contribution is -2.36. The van der Waals surface area contributed by atoms with E-state index in [9.17, 15) is 0 Å². The maximum absolute atomic E-state index is 6.13. The lowest BCUT2D eigenvalue weighted by Gasteiger charge is -2.28. The number of hydrogen-bond acceptors (Lipinski definition) is 8. The molecule has 1 aliphatic rings. The van der Waals surface area contributed by atoms with Gasteiger partial charge in [-0.15, -0.1) is 0 Å². The molecule has 2 heterocycles. The molecule has 0 amide bonds. The van der Waals surface area contributed by atoms with Crippen molar-refractivity contribution in [1.29, 1.82) is 0 Å². The standard InChI is InChI=1S/C27H32N4O4/c1-20-5-4-6-22(15-20)19-28-30-26-17-23(18-27(29-26)31-10-13-34-14-11-31)35-12-9-21-7-8-24(32-2)25(16-21)33-3/h4-8,15-19H,9-14H2,1-3H3,(H,29,30). The zero-order valence-corrected chi connectivity index (χ0v) is 20.5. The van der Waals surface area contributed by atoms with Gasteiger partial charge in [-0.25, -0.2) is 4.98 Å². The number of ether oxygens (including phenoxy) is 4. The average Bonchev–Trinajstić information content (AvgIpc) is 2.89. The van der Waals surface area contributed by atoms with Crippen LogP contribution in [0.2, 0.25) is 0 Å². The Hall–Kier alpha value is -3.78. The molecular weight excluding hydrogens is 444 g/mol. The van der Waals surface area contributed by atoms with Gasteiger partial charge in [-0.1, -0.05) is 35.9 Å². The van der Waals surface area contributed by atoms with Crippen molar-refractivity contribution < 1.29 is 18.9 Å². The van der Waals surface area contributed by atoms with Gasteiger partial charge in [-0.3, -0.25) is 5.43 Å². The molecule has 0 spiro atoms. The van der Waals surface area contributed by atoms with Gasteiger partial charge in [-0.05, 0) is 30.2 Å². The molecule has 8 nitrogen and oxygen atoms in total. The fourth-order valence-corrected chi connectivity index (χ4v) is 3.83. The van der Waals surface area contributed by atoms with Gasteiger partial charge in [0.2, 0.25) is 0 Å². The van der Waals surface area contributed by atoms with E-state index in [4.69, 9.17) is 23.9 Å². The summed E-state index contributed by atoms with van der Waals surface area (Å²) in [6.07, 6.45) is 2.51. The fourth-order valence-electron chi connectivity index (χ4n) is 3.83. The highest BCUT2D eigenvalue weighted by atomic mass is 16.5. The molecule has 0 saturated carbocycles. The van der Waals surface area contributed by atoms with E-state index >= 15 is 0 Å². The number of benzene rings is 2. The summed E-state index contributed by atoms with van der Waals surface area (Å²) in [5.74, 6) is 3.62. The fraction of sp³-hybridized carbons (Fsp3) is 0.333. The molecule has 4 rings (SSSR count). The molecule has 8 heteroatoms. The van der Waals surface area contributed by atoms with E-state index in [0.29, 0.717) is 37.1 Å². The predicted molar refractivity (Wildman–Crippen MR) is 138 cm³/mol. The lowest BCUT2D eigenvalue weighted by atomic mass is 10.1. The van der Waals surface area contributed by atoms with Crippen LogP contribution in [0, 0.1) is 6.92 Å². The van der Waals surface area contributed by atoms with E-state index in [-0.39, 0.29) is 0 Å². The van der Waals surface area contributed by atoms with Crippen molar-refractivity contribution >= 4 is 17.9 Å². The van der Waals surface area contributed by atoms with E-state index in [2.05, 4.69) is 34.5 Å². The highest BCUT2D eigenvalue weighted by Crippen LogP contribution is 2.28. The van der Waals surface area contributed by atoms with Crippen LogP contribution in [0.5, 0.6) is 17.2 Å². The number of hydrazone groups is 1. The van der Waals surface area contributed by atoms with E-state index in [1.165, 1.54) is 5.56 Å². The third-order valence-corrected chi connectivity index (χ3v) is 5.66. The van der Waals surface area contributed by atoms with Gasteiger partial charge in [0.25, 0.3) is 0 Å². The molecule has 1 fully saturated rings. The van der Waals surface area contributed by atoms with E-state index in [1.54, 1.807) is 20.4 Å². The van der Waals surface area contributed by atoms with Gasteiger partial charge in [0.15, 0.2) is 17.3 Å². The molecule has 0 radical (unpaired) electrons. The minimum absolute atomic E-state index is 0.508. The summed E-state index contributed by atoms with van der Waals surface area (Å²) in [7, 11) is 3.27. The zero-order chi connectivity index (χ0) is 24.5. The summed E-state index contributed by atoms with van der Waals surface area (Å²) in [5.41, 5.74) is 6.37. The second-order valence-corrected chi connectivity index (χ2v) is 8.22. The van der Waals surface area contributed by atoms with Crippen LogP contribution in [-0.4, -0.2) is 58.3 Å². The Bertz CT molecular complexity index is 1150. The number of aromatic nitrogens is 1. The van der Waals surface area contributed by atoms with Crippen LogP contribution in [0.1, 0.15) is 16.7 Å². The Morgan fingerprint density at radius 3 is 2.63 bits per heavy atom. The van der Waals surface area contributed by atoms with Crippen LogP contribution < -0.4 is 24.5 Å². The summed E-state index contributed by atoms with van der Waals surface area (Å²) in [6, 6.07) is 17.9. The minimum atomic E-state index is 0.508. The van der Waals surface area contributed by atoms with Crippen molar-refractivity contribution in [2.75, 3.05) is 57.5 Å². The van der Waals surface area contributed by atoms with Crippen molar-refractivity contribution in [3.05, 3.63) is 71.3 Å². The summed E-state index contributed by atoms with van der Waals surface area (Å²) in [6.45, 7) is 5.50. The highest BCUT2D eigenvalue weighted by Gasteiger charge is 2.15. The van der Waals surface area contributed by atoms with Gasteiger partial charge >= 0.3 is 0 Å². The normalized spacial score (nSPS) is 13.6. The van der Waals surface area contributed by atoms with E-state index in [1.807, 2.05) is 42.5 Å². The third kappa shape index (κ3) is 6.86. The molecule has 0 bridgehead atoms. The Morgan fingerprint density at radius 1 is 1.03 bits per heavy atom. The molecule has 1 saturated heterocycles. The largest absolute Gasteiger partial charge is 0.493 e. The number of hydrogen-bond donors (Lipinski definition) is 1. The average molecular weight is 477 g/mol. The van der Waals surface area contributed by atoms with E-state index < -0.39 is 0 Å². The van der Waals surface area contributed by atoms with Gasteiger partial charge in [-0.2, -0.15) is 5.10 Å². The third-order valence-electron chi connectivity index (χ3n) is 5.66. The molecule has 35 heavy (non-hydrogen) atoms. The topological polar surface area (TPSA) is 77.4 Å². The summed E-state index contributed by atoms with van der Waals surface area (Å²) in [4.78, 5) is 6.94. The van der Waals surface area contributed by atoms with Crippen LogP contribution >= 0.6 is 0 Å². The smallest absolute Gasteiger partial charge is 0.160 e. The Labute approximate surface area is 206 Å². The summed E-state index contributed by atoms with van der Waals surface area (Å²) in [5, 5.41) is 4.38. The van der Waals surface area contributed by atoms with Crippen LogP contribution in [0.15, 0.2) is 59.7 Å². The van der Waals surface area contributed by atoms with Crippen molar-refractivity contribution in [3.8, 4) is 17.2 Å². The summed E-state index contributed by atoms with van der Waals surface area (Å²) < 4.78 is 22.4. The van der Waals surface area contributed by atoms with Gasteiger partial charge in [0.1, 0.15) is 11.6 Å². The van der Waals surface area contributed by atoms with Gasteiger partial charge in [0, 0.05) is 31.6 Å². The molecular formula is C27H32N4O4. The predicted octanol–water partition coefficient (Wildman–Crippen LogP) is 4.31. The number of aryl methyl sites for hydroxylation is 1. The zero-order valence-electron chi connectivity index (χ0n) is 20.5. The number of nitrogens with zero attached hydrogens (tertiary/aromatic N) is 3. The SMILES string of the molecule is COc1ccc(CCOc2cc(NN=Cc3cccc(C)c3)nc(N3CCOCC3)c2)cc1OC. The van der Waals surface area contributed by atoms with Crippen molar-refractivity contribution in [2.45, 2.75) is 13.3 Å². The highest BCUT2D eigenvalue weighted by molar-refractivity contribution is 5.80. The van der Waals surface area contributed by atoms with Gasteiger partial charge in [0.05, 0.1) is 40.3 Å². The van der Waals surface area contributed by atoms with Crippen LogP contribution in [-0.2, 0) is 11.2 Å². The number of methoxy groups -OCH3 is 2. The molecule has 3 aromatic rings. The van der Waals surface area contributed by atoms with Crippen LogP contribution in [0.25, 0.3) is 0 Å². The molecule has 184 valence electrons. The Morgan fingerprint density at radius 2 is 1.86 bits per heavy atom. The molecule has 1 aromatic heterocycles. The van der Waals surface area contributed by atoms with Gasteiger partial charge < -0.3 is 23.8 Å². The molecule has 0 aliphatic carbocycles. The van der Waals surface area contributed by atoms with Crippen molar-refractivity contribution in [3.63, 3.8) is 0 Å². The molecule has 1 N–H and O–H groups in total. The second kappa shape index (κ2) is 12.1. The number of pyridine rings is 1. The van der Waals surface area contributed by atoms with E-state index in [0.717, 1.165) is 42.2 Å². The lowest BCUT2D eigenvalue weighted by molar-refractivity contribution is 0.122. The van der Waals surface area contributed by atoms with Crippen molar-refractivity contribution in [2.24, 2.45) is 5.10 Å².